The lowest BCUT2D eigenvalue weighted by Crippen LogP contribution is -1.85. The van der Waals surface area contributed by atoms with Crippen molar-refractivity contribution in [2.75, 3.05) is 0 Å². The second-order valence-corrected chi connectivity index (χ2v) is 3.40. The van der Waals surface area contributed by atoms with Gasteiger partial charge in [-0.3, -0.25) is 0 Å². The quantitative estimate of drug-likeness (QED) is 0.668. The van der Waals surface area contributed by atoms with Crippen LogP contribution in [0.2, 0.25) is 0 Å². The van der Waals surface area contributed by atoms with Crippen molar-refractivity contribution in [3.05, 3.63) is 47.0 Å². The summed E-state index contributed by atoms with van der Waals surface area (Å²) >= 11 is 5.69. The summed E-state index contributed by atoms with van der Waals surface area (Å²) in [6.07, 6.45) is 1.85. The third-order valence-corrected chi connectivity index (χ3v) is 1.96. The Bertz CT molecular complexity index is 259. The average molecular weight is 181 g/mol. The molecule has 0 spiro atoms. The van der Waals surface area contributed by atoms with Crippen LogP contribution < -0.4 is 0 Å². The minimum atomic E-state index is 0.694. The van der Waals surface area contributed by atoms with Crippen LogP contribution in [0.15, 0.2) is 35.9 Å². The Morgan fingerprint density at radius 3 is 2.17 bits per heavy atom. The van der Waals surface area contributed by atoms with Gasteiger partial charge in [-0.25, -0.2) is 0 Å². The minimum Gasteiger partial charge on any atom is -0.0894 e. The second-order valence-electron chi connectivity index (χ2n) is 2.86. The zero-order chi connectivity index (χ0) is 8.97. The molecule has 1 aromatic carbocycles. The first-order valence-electron chi connectivity index (χ1n) is 4.13. The fourth-order valence-electron chi connectivity index (χ4n) is 1.11. The zero-order valence-corrected chi connectivity index (χ0v) is 8.06. The van der Waals surface area contributed by atoms with Gasteiger partial charge < -0.3 is 0 Å². The molecule has 0 aliphatic rings. The SMILES string of the molecule is C=C(Cl)Cc1ccc(CC)cc1. The number of benzene rings is 1. The van der Waals surface area contributed by atoms with E-state index in [-0.39, 0.29) is 0 Å². The van der Waals surface area contributed by atoms with Gasteiger partial charge in [-0.1, -0.05) is 49.4 Å². The van der Waals surface area contributed by atoms with Crippen molar-refractivity contribution in [3.63, 3.8) is 0 Å². The van der Waals surface area contributed by atoms with Gasteiger partial charge in [0.05, 0.1) is 0 Å². The summed E-state index contributed by atoms with van der Waals surface area (Å²) in [4.78, 5) is 0. The number of allylic oxidation sites excluding steroid dienone is 1. The van der Waals surface area contributed by atoms with Gasteiger partial charge in [0, 0.05) is 11.5 Å². The topological polar surface area (TPSA) is 0 Å². The Morgan fingerprint density at radius 2 is 1.75 bits per heavy atom. The minimum absolute atomic E-state index is 0.694. The molecule has 0 aliphatic carbocycles. The molecule has 64 valence electrons. The van der Waals surface area contributed by atoms with Gasteiger partial charge in [0.2, 0.25) is 0 Å². The van der Waals surface area contributed by atoms with Crippen LogP contribution in [-0.4, -0.2) is 0 Å². The molecule has 0 nitrogen and oxygen atoms in total. The van der Waals surface area contributed by atoms with Gasteiger partial charge in [-0.2, -0.15) is 0 Å². The van der Waals surface area contributed by atoms with E-state index in [2.05, 4.69) is 37.8 Å². The maximum absolute atomic E-state index is 5.69. The molecular formula is C11H13Cl. The monoisotopic (exact) mass is 180 g/mol. The molecule has 12 heavy (non-hydrogen) atoms. The molecule has 0 atom stereocenters. The van der Waals surface area contributed by atoms with Gasteiger partial charge in [0.15, 0.2) is 0 Å². The molecule has 1 rings (SSSR count). The Kier molecular flexibility index (Phi) is 3.36. The molecule has 0 heterocycles. The van der Waals surface area contributed by atoms with Crippen LogP contribution in [0.4, 0.5) is 0 Å². The lowest BCUT2D eigenvalue weighted by molar-refractivity contribution is 1.13. The average Bonchev–Trinajstić information content (AvgIpc) is 2.05. The van der Waals surface area contributed by atoms with Gasteiger partial charge >= 0.3 is 0 Å². The Morgan fingerprint density at radius 1 is 1.25 bits per heavy atom. The number of hydrogen-bond donors (Lipinski definition) is 0. The van der Waals surface area contributed by atoms with E-state index in [0.29, 0.717) is 5.03 Å². The molecule has 0 N–H and O–H groups in total. The van der Waals surface area contributed by atoms with Crippen molar-refractivity contribution >= 4 is 11.6 Å². The molecule has 0 amide bonds. The summed E-state index contributed by atoms with van der Waals surface area (Å²) in [7, 11) is 0. The molecule has 0 unspecified atom stereocenters. The number of hydrogen-bond acceptors (Lipinski definition) is 0. The fraction of sp³-hybridized carbons (Fsp3) is 0.273. The van der Waals surface area contributed by atoms with Crippen LogP contribution in [0, 0.1) is 0 Å². The Labute approximate surface area is 78.9 Å². The van der Waals surface area contributed by atoms with Crippen LogP contribution >= 0.6 is 11.6 Å². The summed E-state index contributed by atoms with van der Waals surface area (Å²) in [6.45, 7) is 5.81. The first-order valence-corrected chi connectivity index (χ1v) is 4.51. The van der Waals surface area contributed by atoms with Crippen LogP contribution in [-0.2, 0) is 12.8 Å². The Balaban J connectivity index is 2.71. The van der Waals surface area contributed by atoms with Crippen molar-refractivity contribution in [1.29, 1.82) is 0 Å². The lowest BCUT2D eigenvalue weighted by atomic mass is 10.1. The van der Waals surface area contributed by atoms with Gasteiger partial charge in [0.25, 0.3) is 0 Å². The largest absolute Gasteiger partial charge is 0.0894 e. The van der Waals surface area contributed by atoms with E-state index < -0.39 is 0 Å². The van der Waals surface area contributed by atoms with E-state index in [1.54, 1.807) is 0 Å². The van der Waals surface area contributed by atoms with Crippen molar-refractivity contribution in [2.45, 2.75) is 19.8 Å². The molecule has 0 radical (unpaired) electrons. The van der Waals surface area contributed by atoms with E-state index in [4.69, 9.17) is 11.6 Å². The first-order chi connectivity index (χ1) is 5.72. The molecule has 1 heteroatoms. The summed E-state index contributed by atoms with van der Waals surface area (Å²) in [5.41, 5.74) is 2.59. The summed E-state index contributed by atoms with van der Waals surface area (Å²) in [6, 6.07) is 8.48. The van der Waals surface area contributed by atoms with Crippen LogP contribution in [0.25, 0.3) is 0 Å². The van der Waals surface area contributed by atoms with Crippen molar-refractivity contribution in [2.24, 2.45) is 0 Å². The summed E-state index contributed by atoms with van der Waals surface area (Å²) in [5.74, 6) is 0. The van der Waals surface area contributed by atoms with Crippen molar-refractivity contribution < 1.29 is 0 Å². The maximum Gasteiger partial charge on any atom is 0.0153 e. The van der Waals surface area contributed by atoms with Gasteiger partial charge in [-0.15, -0.1) is 0 Å². The molecule has 0 bridgehead atoms. The highest BCUT2D eigenvalue weighted by molar-refractivity contribution is 6.29. The van der Waals surface area contributed by atoms with E-state index in [0.717, 1.165) is 12.8 Å². The smallest absolute Gasteiger partial charge is 0.0153 e. The van der Waals surface area contributed by atoms with E-state index in [1.807, 2.05) is 0 Å². The normalized spacial score (nSPS) is 9.83. The fourth-order valence-corrected chi connectivity index (χ4v) is 1.27. The highest BCUT2D eigenvalue weighted by atomic mass is 35.5. The maximum atomic E-state index is 5.69. The highest BCUT2D eigenvalue weighted by Gasteiger charge is 1.94. The Hall–Kier alpha value is -0.750. The van der Waals surface area contributed by atoms with Crippen molar-refractivity contribution in [3.8, 4) is 0 Å². The van der Waals surface area contributed by atoms with E-state index in [9.17, 15) is 0 Å². The standard InChI is InChI=1S/C11H13Cl/c1-3-10-4-6-11(7-5-10)8-9(2)12/h4-7H,2-3,8H2,1H3. The molecule has 0 saturated heterocycles. The zero-order valence-electron chi connectivity index (χ0n) is 7.31. The van der Waals surface area contributed by atoms with Gasteiger partial charge in [-0.05, 0) is 17.5 Å². The molecular weight excluding hydrogens is 168 g/mol. The van der Waals surface area contributed by atoms with Crippen LogP contribution in [0.5, 0.6) is 0 Å². The predicted octanol–water partition coefficient (Wildman–Crippen LogP) is 3.54. The number of halogens is 1. The predicted molar refractivity (Wildman–Crippen MR) is 54.5 cm³/mol. The third-order valence-electron chi connectivity index (χ3n) is 1.83. The van der Waals surface area contributed by atoms with Crippen LogP contribution in [0.3, 0.4) is 0 Å². The van der Waals surface area contributed by atoms with E-state index >= 15 is 0 Å². The number of rotatable bonds is 3. The van der Waals surface area contributed by atoms with Crippen LogP contribution in [0.1, 0.15) is 18.1 Å². The highest BCUT2D eigenvalue weighted by Crippen LogP contribution is 2.11. The molecule has 0 saturated carbocycles. The number of aryl methyl sites for hydroxylation is 1. The summed E-state index contributed by atoms with van der Waals surface area (Å²) in [5, 5.41) is 0.694. The lowest BCUT2D eigenvalue weighted by Gasteiger charge is -2.00. The molecule has 0 aliphatic heterocycles. The van der Waals surface area contributed by atoms with Crippen molar-refractivity contribution in [1.82, 2.24) is 0 Å². The van der Waals surface area contributed by atoms with Gasteiger partial charge in [0.1, 0.15) is 0 Å². The third kappa shape index (κ3) is 2.71. The molecule has 0 aromatic heterocycles. The second kappa shape index (κ2) is 4.32. The first kappa shape index (κ1) is 9.34. The molecule has 1 aromatic rings. The molecule has 0 fully saturated rings. The van der Waals surface area contributed by atoms with E-state index in [1.165, 1.54) is 11.1 Å². The summed E-state index contributed by atoms with van der Waals surface area (Å²) < 4.78 is 0.